The van der Waals surface area contributed by atoms with Crippen molar-refractivity contribution in [3.8, 4) is 0 Å². The number of likely N-dealkylation sites (N-methyl/N-ethyl adjacent to an activating group) is 1. The summed E-state index contributed by atoms with van der Waals surface area (Å²) in [6, 6.07) is 4.83. The maximum atomic E-state index is 5.87. The van der Waals surface area contributed by atoms with Crippen LogP contribution in [0.4, 0.5) is 0 Å². The highest BCUT2D eigenvalue weighted by atomic mass is 32.1. The van der Waals surface area contributed by atoms with Crippen molar-refractivity contribution < 1.29 is 9.47 Å². The highest BCUT2D eigenvalue weighted by Gasteiger charge is 2.23. The molecule has 2 N–H and O–H groups in total. The number of rotatable bonds is 8. The first-order valence-corrected chi connectivity index (χ1v) is 7.03. The van der Waals surface area contributed by atoms with Gasteiger partial charge in [-0.1, -0.05) is 6.07 Å². The van der Waals surface area contributed by atoms with E-state index in [0.717, 1.165) is 6.42 Å². The second-order valence-corrected chi connectivity index (χ2v) is 5.36. The predicted octanol–water partition coefficient (Wildman–Crippen LogP) is 2.08. The van der Waals surface area contributed by atoms with E-state index >= 15 is 0 Å². The Morgan fingerprint density at radius 1 is 1.39 bits per heavy atom. The lowest BCUT2D eigenvalue weighted by Gasteiger charge is -2.33. The fourth-order valence-corrected chi connectivity index (χ4v) is 2.82. The quantitative estimate of drug-likeness (QED) is 0.736. The molecule has 5 heteroatoms. The first kappa shape index (κ1) is 15.6. The summed E-state index contributed by atoms with van der Waals surface area (Å²) in [4.78, 5) is 3.64. The Morgan fingerprint density at radius 2 is 2.06 bits per heavy atom. The zero-order valence-electron chi connectivity index (χ0n) is 11.6. The van der Waals surface area contributed by atoms with E-state index in [0.29, 0.717) is 12.6 Å². The molecule has 0 aliphatic rings. The van der Waals surface area contributed by atoms with Gasteiger partial charge in [0, 0.05) is 44.1 Å². The van der Waals surface area contributed by atoms with Crippen LogP contribution in [0.5, 0.6) is 0 Å². The summed E-state index contributed by atoms with van der Waals surface area (Å²) in [6.07, 6.45) is 0.576. The van der Waals surface area contributed by atoms with Crippen molar-refractivity contribution in [2.24, 2.45) is 5.73 Å². The number of nitrogens with two attached hydrogens (primary N) is 1. The van der Waals surface area contributed by atoms with Crippen LogP contribution in [0.15, 0.2) is 17.5 Å². The Bertz CT molecular complexity index is 315. The SMILES string of the molecule is COC(CC(CN)N(C)C(C)c1cccs1)OC. The van der Waals surface area contributed by atoms with Gasteiger partial charge in [0.15, 0.2) is 6.29 Å². The topological polar surface area (TPSA) is 47.7 Å². The molecule has 0 spiro atoms. The zero-order chi connectivity index (χ0) is 13.5. The van der Waals surface area contributed by atoms with Crippen molar-refractivity contribution in [1.82, 2.24) is 4.90 Å². The van der Waals surface area contributed by atoms with E-state index in [-0.39, 0.29) is 12.3 Å². The monoisotopic (exact) mass is 272 g/mol. The van der Waals surface area contributed by atoms with Crippen molar-refractivity contribution in [2.45, 2.75) is 31.7 Å². The molecule has 0 bridgehead atoms. The van der Waals surface area contributed by atoms with Crippen LogP contribution in [0.3, 0.4) is 0 Å². The van der Waals surface area contributed by atoms with Crippen LogP contribution in [0.2, 0.25) is 0 Å². The molecular formula is C13H24N2O2S. The third kappa shape index (κ3) is 4.03. The van der Waals surface area contributed by atoms with Crippen LogP contribution in [-0.2, 0) is 9.47 Å². The van der Waals surface area contributed by atoms with Crippen LogP contribution in [0.25, 0.3) is 0 Å². The lowest BCUT2D eigenvalue weighted by atomic mass is 10.1. The van der Waals surface area contributed by atoms with E-state index in [2.05, 4.69) is 36.4 Å². The predicted molar refractivity (Wildman–Crippen MR) is 75.8 cm³/mol. The van der Waals surface area contributed by atoms with Crippen molar-refractivity contribution >= 4 is 11.3 Å². The minimum Gasteiger partial charge on any atom is -0.356 e. The molecule has 104 valence electrons. The molecule has 0 aromatic carbocycles. The van der Waals surface area contributed by atoms with Crippen molar-refractivity contribution in [3.05, 3.63) is 22.4 Å². The Labute approximate surface area is 114 Å². The van der Waals surface area contributed by atoms with Gasteiger partial charge < -0.3 is 15.2 Å². The molecule has 0 aliphatic heterocycles. The molecule has 0 radical (unpaired) electrons. The number of nitrogens with zero attached hydrogens (tertiary/aromatic N) is 1. The van der Waals surface area contributed by atoms with Crippen LogP contribution < -0.4 is 5.73 Å². The van der Waals surface area contributed by atoms with Gasteiger partial charge in [0.1, 0.15) is 0 Å². The van der Waals surface area contributed by atoms with Gasteiger partial charge in [-0.25, -0.2) is 0 Å². The average Bonchev–Trinajstić information content (AvgIpc) is 2.92. The smallest absolute Gasteiger partial charge is 0.158 e. The standard InChI is InChI=1S/C13H24N2O2S/c1-10(12-6-5-7-18-12)15(2)11(9-14)8-13(16-3)17-4/h5-7,10-11,13H,8-9,14H2,1-4H3. The summed E-state index contributed by atoms with van der Waals surface area (Å²) in [5.41, 5.74) is 5.87. The molecule has 18 heavy (non-hydrogen) atoms. The van der Waals surface area contributed by atoms with Gasteiger partial charge in [-0.15, -0.1) is 11.3 Å². The van der Waals surface area contributed by atoms with Crippen LogP contribution in [-0.4, -0.2) is 45.0 Å². The zero-order valence-corrected chi connectivity index (χ0v) is 12.4. The number of thiophene rings is 1. The third-order valence-electron chi connectivity index (χ3n) is 3.40. The van der Waals surface area contributed by atoms with Gasteiger partial charge in [-0.3, -0.25) is 4.90 Å². The molecule has 2 atom stereocenters. The molecule has 1 aromatic rings. The molecule has 0 saturated heterocycles. The van der Waals surface area contributed by atoms with Crippen LogP contribution in [0.1, 0.15) is 24.3 Å². The Hall–Kier alpha value is -0.460. The first-order chi connectivity index (χ1) is 8.63. The lowest BCUT2D eigenvalue weighted by molar-refractivity contribution is -0.117. The van der Waals surface area contributed by atoms with Crippen LogP contribution in [0, 0.1) is 0 Å². The first-order valence-electron chi connectivity index (χ1n) is 6.15. The summed E-state index contributed by atoms with van der Waals surface area (Å²) in [6.45, 7) is 2.79. The van der Waals surface area contributed by atoms with E-state index in [1.807, 2.05) is 0 Å². The molecule has 1 heterocycles. The molecule has 1 rings (SSSR count). The molecule has 2 unspecified atom stereocenters. The highest BCUT2D eigenvalue weighted by Crippen LogP contribution is 2.26. The van der Waals surface area contributed by atoms with E-state index < -0.39 is 0 Å². The summed E-state index contributed by atoms with van der Waals surface area (Å²) < 4.78 is 10.5. The lowest BCUT2D eigenvalue weighted by Crippen LogP contribution is -2.42. The Morgan fingerprint density at radius 3 is 2.50 bits per heavy atom. The number of methoxy groups -OCH3 is 2. The Kier molecular flexibility index (Phi) is 6.81. The van der Waals surface area contributed by atoms with Gasteiger partial charge in [0.2, 0.25) is 0 Å². The molecule has 0 fully saturated rings. The summed E-state index contributed by atoms with van der Waals surface area (Å²) >= 11 is 1.77. The Balaban J connectivity index is 2.63. The van der Waals surface area contributed by atoms with Gasteiger partial charge in [-0.05, 0) is 25.4 Å². The maximum absolute atomic E-state index is 5.87. The maximum Gasteiger partial charge on any atom is 0.158 e. The molecule has 0 saturated carbocycles. The molecular weight excluding hydrogens is 248 g/mol. The summed E-state index contributed by atoms with van der Waals surface area (Å²) in [5.74, 6) is 0. The van der Waals surface area contributed by atoms with E-state index in [4.69, 9.17) is 15.2 Å². The number of ether oxygens (including phenoxy) is 2. The fraction of sp³-hybridized carbons (Fsp3) is 0.692. The minimum absolute atomic E-state index is 0.198. The second-order valence-electron chi connectivity index (χ2n) is 4.38. The molecule has 1 aromatic heterocycles. The normalized spacial score (nSPS) is 15.3. The second kappa shape index (κ2) is 7.86. The van der Waals surface area contributed by atoms with Crippen molar-refractivity contribution in [3.63, 3.8) is 0 Å². The van der Waals surface area contributed by atoms with Gasteiger partial charge in [0.25, 0.3) is 0 Å². The van der Waals surface area contributed by atoms with Gasteiger partial charge in [-0.2, -0.15) is 0 Å². The van der Waals surface area contributed by atoms with E-state index in [9.17, 15) is 0 Å². The van der Waals surface area contributed by atoms with Crippen molar-refractivity contribution in [1.29, 1.82) is 0 Å². The van der Waals surface area contributed by atoms with E-state index in [1.165, 1.54) is 4.88 Å². The average molecular weight is 272 g/mol. The number of hydrogen-bond donors (Lipinski definition) is 1. The molecule has 0 amide bonds. The number of hydrogen-bond acceptors (Lipinski definition) is 5. The highest BCUT2D eigenvalue weighted by molar-refractivity contribution is 7.10. The largest absolute Gasteiger partial charge is 0.356 e. The summed E-state index contributed by atoms with van der Waals surface area (Å²) in [5, 5.41) is 2.10. The third-order valence-corrected chi connectivity index (χ3v) is 4.45. The molecule has 0 aliphatic carbocycles. The summed E-state index contributed by atoms with van der Waals surface area (Å²) in [7, 11) is 5.42. The van der Waals surface area contributed by atoms with Crippen molar-refractivity contribution in [2.75, 3.05) is 27.8 Å². The van der Waals surface area contributed by atoms with E-state index in [1.54, 1.807) is 25.6 Å². The van der Waals surface area contributed by atoms with Gasteiger partial charge >= 0.3 is 0 Å². The fourth-order valence-electron chi connectivity index (χ4n) is 1.99. The van der Waals surface area contributed by atoms with Gasteiger partial charge in [0.05, 0.1) is 0 Å². The molecule has 4 nitrogen and oxygen atoms in total. The minimum atomic E-state index is -0.198. The van der Waals surface area contributed by atoms with Crippen LogP contribution >= 0.6 is 11.3 Å².